The van der Waals surface area contributed by atoms with Crippen molar-refractivity contribution in [3.05, 3.63) is 23.8 Å². The largest absolute Gasteiger partial charge is 0.497 e. The molecule has 0 aliphatic heterocycles. The molecule has 0 bridgehead atoms. The second-order valence-electron chi connectivity index (χ2n) is 3.25. The zero-order valence-corrected chi connectivity index (χ0v) is 9.46. The summed E-state index contributed by atoms with van der Waals surface area (Å²) in [5, 5.41) is 2.56. The van der Waals surface area contributed by atoms with E-state index >= 15 is 0 Å². The summed E-state index contributed by atoms with van der Waals surface area (Å²) in [7, 11) is 4.45. The summed E-state index contributed by atoms with van der Waals surface area (Å²) in [6, 6.07) is 3.75. The summed E-state index contributed by atoms with van der Waals surface area (Å²) >= 11 is 0. The maximum absolute atomic E-state index is 12.7. The number of ether oxygens (including phenoxy) is 2. The van der Waals surface area contributed by atoms with E-state index in [1.54, 1.807) is 18.2 Å². The number of halogens is 2. The minimum Gasteiger partial charge on any atom is -0.497 e. The molecule has 0 aliphatic rings. The first-order valence-corrected chi connectivity index (χ1v) is 4.80. The van der Waals surface area contributed by atoms with Crippen LogP contribution in [0.2, 0.25) is 0 Å². The lowest BCUT2D eigenvalue weighted by atomic mass is 10.1. The Morgan fingerprint density at radius 1 is 1.06 bits per heavy atom. The van der Waals surface area contributed by atoms with E-state index in [1.807, 2.05) is 0 Å². The maximum atomic E-state index is 12.7. The Labute approximate surface area is 93.4 Å². The standard InChI is InChI=1S/C11H15F2NO2/c1-14-10(11(12)13)7-4-8(15-2)6-9(5-7)16-3/h4-6,10-11,14H,1-3H3. The second-order valence-corrected chi connectivity index (χ2v) is 3.25. The quantitative estimate of drug-likeness (QED) is 0.843. The van der Waals surface area contributed by atoms with Gasteiger partial charge < -0.3 is 14.8 Å². The van der Waals surface area contributed by atoms with Crippen LogP contribution < -0.4 is 14.8 Å². The number of nitrogens with one attached hydrogen (secondary N) is 1. The van der Waals surface area contributed by atoms with Crippen LogP contribution in [0.4, 0.5) is 8.78 Å². The highest BCUT2D eigenvalue weighted by Gasteiger charge is 2.21. The number of benzene rings is 1. The lowest BCUT2D eigenvalue weighted by molar-refractivity contribution is 0.102. The summed E-state index contributed by atoms with van der Waals surface area (Å²) in [6.45, 7) is 0. The Hall–Kier alpha value is -1.36. The van der Waals surface area contributed by atoms with E-state index in [0.29, 0.717) is 17.1 Å². The normalized spacial score (nSPS) is 12.6. The molecule has 3 nitrogen and oxygen atoms in total. The Bertz CT molecular complexity index is 323. The van der Waals surface area contributed by atoms with Crippen molar-refractivity contribution in [1.82, 2.24) is 5.32 Å². The van der Waals surface area contributed by atoms with Gasteiger partial charge in [-0.3, -0.25) is 0 Å². The molecule has 1 rings (SSSR count). The third-order valence-corrected chi connectivity index (χ3v) is 2.30. The fourth-order valence-electron chi connectivity index (χ4n) is 1.45. The lowest BCUT2D eigenvalue weighted by Gasteiger charge is -2.17. The van der Waals surface area contributed by atoms with Gasteiger partial charge in [0.2, 0.25) is 0 Å². The van der Waals surface area contributed by atoms with E-state index in [0.717, 1.165) is 0 Å². The van der Waals surface area contributed by atoms with Crippen molar-refractivity contribution in [3.8, 4) is 11.5 Å². The summed E-state index contributed by atoms with van der Waals surface area (Å²) in [6.07, 6.45) is -2.48. The molecule has 0 saturated carbocycles. The summed E-state index contributed by atoms with van der Waals surface area (Å²) < 4.78 is 35.5. The first-order chi connectivity index (χ1) is 7.62. The highest BCUT2D eigenvalue weighted by Crippen LogP contribution is 2.29. The van der Waals surface area contributed by atoms with Crippen molar-refractivity contribution >= 4 is 0 Å². The molecule has 90 valence electrons. The number of methoxy groups -OCH3 is 2. The fourth-order valence-corrected chi connectivity index (χ4v) is 1.45. The number of hydrogen-bond acceptors (Lipinski definition) is 3. The van der Waals surface area contributed by atoms with Crippen molar-refractivity contribution in [2.75, 3.05) is 21.3 Å². The van der Waals surface area contributed by atoms with E-state index in [9.17, 15) is 8.78 Å². The lowest BCUT2D eigenvalue weighted by Crippen LogP contribution is -2.23. The second kappa shape index (κ2) is 5.65. The van der Waals surface area contributed by atoms with Crippen LogP contribution in [0.25, 0.3) is 0 Å². The van der Waals surface area contributed by atoms with Gasteiger partial charge in [-0.2, -0.15) is 0 Å². The number of alkyl halides is 2. The minimum absolute atomic E-state index is 0.439. The molecule has 0 radical (unpaired) electrons. The fraction of sp³-hybridized carbons (Fsp3) is 0.455. The van der Waals surface area contributed by atoms with Crippen LogP contribution in [-0.2, 0) is 0 Å². The van der Waals surface area contributed by atoms with Crippen LogP contribution in [-0.4, -0.2) is 27.7 Å². The third kappa shape index (κ3) is 2.82. The van der Waals surface area contributed by atoms with Crippen molar-refractivity contribution in [1.29, 1.82) is 0 Å². The molecule has 0 saturated heterocycles. The predicted molar refractivity (Wildman–Crippen MR) is 57.4 cm³/mol. The third-order valence-electron chi connectivity index (χ3n) is 2.30. The van der Waals surface area contributed by atoms with Crippen molar-refractivity contribution < 1.29 is 18.3 Å². The van der Waals surface area contributed by atoms with Gasteiger partial charge in [-0.1, -0.05) is 0 Å². The van der Waals surface area contributed by atoms with Gasteiger partial charge in [0.05, 0.1) is 20.3 Å². The van der Waals surface area contributed by atoms with Crippen LogP contribution in [0.5, 0.6) is 11.5 Å². The van der Waals surface area contributed by atoms with Gasteiger partial charge in [0, 0.05) is 6.07 Å². The van der Waals surface area contributed by atoms with E-state index in [4.69, 9.17) is 9.47 Å². The van der Waals surface area contributed by atoms with Gasteiger partial charge in [-0.25, -0.2) is 8.78 Å². The van der Waals surface area contributed by atoms with Gasteiger partial charge in [0.15, 0.2) is 0 Å². The molecule has 0 heterocycles. The molecule has 1 aromatic carbocycles. The molecular weight excluding hydrogens is 216 g/mol. The molecule has 0 spiro atoms. The van der Waals surface area contributed by atoms with Gasteiger partial charge in [-0.15, -0.1) is 0 Å². The van der Waals surface area contributed by atoms with Crippen LogP contribution in [0.1, 0.15) is 11.6 Å². The van der Waals surface area contributed by atoms with Gasteiger partial charge >= 0.3 is 0 Å². The van der Waals surface area contributed by atoms with Crippen LogP contribution >= 0.6 is 0 Å². The van der Waals surface area contributed by atoms with Crippen molar-refractivity contribution in [2.45, 2.75) is 12.5 Å². The molecule has 5 heteroatoms. The van der Waals surface area contributed by atoms with E-state index in [1.165, 1.54) is 21.3 Å². The molecule has 0 aliphatic carbocycles. The molecule has 16 heavy (non-hydrogen) atoms. The molecule has 1 aromatic rings. The van der Waals surface area contributed by atoms with Crippen LogP contribution in [0, 0.1) is 0 Å². The first-order valence-electron chi connectivity index (χ1n) is 4.80. The van der Waals surface area contributed by atoms with Gasteiger partial charge in [-0.05, 0) is 24.7 Å². The summed E-state index contributed by atoms with van der Waals surface area (Å²) in [5.41, 5.74) is 0.439. The number of rotatable bonds is 5. The molecule has 1 N–H and O–H groups in total. The number of hydrogen-bond donors (Lipinski definition) is 1. The Morgan fingerprint density at radius 3 is 1.88 bits per heavy atom. The van der Waals surface area contributed by atoms with E-state index < -0.39 is 12.5 Å². The highest BCUT2D eigenvalue weighted by molar-refractivity contribution is 5.40. The predicted octanol–water partition coefficient (Wildman–Crippen LogP) is 2.23. The van der Waals surface area contributed by atoms with Crippen molar-refractivity contribution in [3.63, 3.8) is 0 Å². The minimum atomic E-state index is -2.48. The van der Waals surface area contributed by atoms with E-state index in [2.05, 4.69) is 5.32 Å². The molecule has 0 aromatic heterocycles. The van der Waals surface area contributed by atoms with E-state index in [-0.39, 0.29) is 0 Å². The SMILES string of the molecule is CNC(c1cc(OC)cc(OC)c1)C(F)F. The Morgan fingerprint density at radius 2 is 1.56 bits per heavy atom. The average molecular weight is 231 g/mol. The Balaban J connectivity index is 3.10. The highest BCUT2D eigenvalue weighted by atomic mass is 19.3. The van der Waals surface area contributed by atoms with Gasteiger partial charge in [0.1, 0.15) is 11.5 Å². The summed E-state index contributed by atoms with van der Waals surface area (Å²) in [5.74, 6) is 0.991. The average Bonchev–Trinajstić information content (AvgIpc) is 2.29. The van der Waals surface area contributed by atoms with Crippen LogP contribution in [0.3, 0.4) is 0 Å². The first kappa shape index (κ1) is 12.7. The molecular formula is C11H15F2NO2. The smallest absolute Gasteiger partial charge is 0.257 e. The van der Waals surface area contributed by atoms with Crippen molar-refractivity contribution in [2.24, 2.45) is 0 Å². The molecule has 1 atom stereocenters. The monoisotopic (exact) mass is 231 g/mol. The maximum Gasteiger partial charge on any atom is 0.257 e. The zero-order valence-electron chi connectivity index (χ0n) is 9.46. The van der Waals surface area contributed by atoms with Gasteiger partial charge in [0.25, 0.3) is 6.43 Å². The molecule has 0 amide bonds. The molecule has 1 unspecified atom stereocenters. The topological polar surface area (TPSA) is 30.5 Å². The zero-order chi connectivity index (χ0) is 12.1. The summed E-state index contributed by atoms with van der Waals surface area (Å²) in [4.78, 5) is 0. The van der Waals surface area contributed by atoms with Crippen LogP contribution in [0.15, 0.2) is 18.2 Å². The molecule has 0 fully saturated rings. The Kier molecular flexibility index (Phi) is 4.49.